The molecular formula is C22H17BrN6OS. The van der Waals surface area contributed by atoms with Gasteiger partial charge >= 0.3 is 0 Å². The minimum Gasteiger partial charge on any atom is -0.272 e. The number of thioether (sulfide) groups is 1. The van der Waals surface area contributed by atoms with Crippen LogP contribution < -0.4 is 5.43 Å². The first-order chi connectivity index (χ1) is 15.2. The third-order valence-electron chi connectivity index (χ3n) is 4.17. The van der Waals surface area contributed by atoms with Crippen LogP contribution in [0.1, 0.15) is 5.56 Å². The van der Waals surface area contributed by atoms with Gasteiger partial charge in [0.2, 0.25) is 0 Å². The maximum Gasteiger partial charge on any atom is 0.250 e. The van der Waals surface area contributed by atoms with Crippen LogP contribution in [0, 0.1) is 0 Å². The molecule has 0 spiro atoms. The molecule has 0 aliphatic heterocycles. The van der Waals surface area contributed by atoms with E-state index in [0.29, 0.717) is 11.0 Å². The number of amides is 1. The zero-order valence-corrected chi connectivity index (χ0v) is 18.6. The molecular weight excluding hydrogens is 476 g/mol. The maximum atomic E-state index is 12.3. The summed E-state index contributed by atoms with van der Waals surface area (Å²) in [6.07, 6.45) is 4.89. The van der Waals surface area contributed by atoms with Crippen LogP contribution >= 0.6 is 27.7 Å². The highest BCUT2D eigenvalue weighted by molar-refractivity contribution is 9.10. The molecule has 0 fully saturated rings. The quantitative estimate of drug-likeness (QED) is 0.235. The molecule has 0 saturated heterocycles. The molecule has 0 aliphatic rings. The van der Waals surface area contributed by atoms with Crippen molar-refractivity contribution in [2.75, 3.05) is 5.75 Å². The molecule has 154 valence electrons. The standard InChI is InChI=1S/C22H17BrN6OS/c23-18-8-10-19(11-9-18)29-21(17-6-2-1-3-7-17)27-28-22(29)31-15-20(30)26-25-14-16-5-4-12-24-13-16/h1-14H,15H2,(H,26,30)/b25-14-. The van der Waals surface area contributed by atoms with Gasteiger partial charge in [0.05, 0.1) is 12.0 Å². The predicted molar refractivity (Wildman–Crippen MR) is 125 cm³/mol. The summed E-state index contributed by atoms with van der Waals surface area (Å²) in [5.41, 5.74) is 5.18. The predicted octanol–water partition coefficient (Wildman–Crippen LogP) is 4.33. The average molecular weight is 493 g/mol. The second-order valence-electron chi connectivity index (χ2n) is 6.35. The summed E-state index contributed by atoms with van der Waals surface area (Å²) in [4.78, 5) is 16.3. The van der Waals surface area contributed by atoms with E-state index in [4.69, 9.17) is 0 Å². The topological polar surface area (TPSA) is 85.1 Å². The highest BCUT2D eigenvalue weighted by Gasteiger charge is 2.17. The minimum absolute atomic E-state index is 0.147. The zero-order chi connectivity index (χ0) is 21.5. The number of benzene rings is 2. The lowest BCUT2D eigenvalue weighted by Gasteiger charge is -2.10. The van der Waals surface area contributed by atoms with Crippen LogP contribution in [0.25, 0.3) is 17.1 Å². The summed E-state index contributed by atoms with van der Waals surface area (Å²) in [6, 6.07) is 21.3. The molecule has 2 aromatic heterocycles. The normalized spacial score (nSPS) is 11.0. The van der Waals surface area contributed by atoms with Crippen molar-refractivity contribution in [1.82, 2.24) is 25.2 Å². The first-order valence-electron chi connectivity index (χ1n) is 9.32. The van der Waals surface area contributed by atoms with Crippen LogP contribution in [0.5, 0.6) is 0 Å². The molecule has 9 heteroatoms. The first-order valence-corrected chi connectivity index (χ1v) is 11.1. The summed E-state index contributed by atoms with van der Waals surface area (Å²) in [7, 11) is 0. The van der Waals surface area contributed by atoms with Crippen molar-refractivity contribution in [3.63, 3.8) is 0 Å². The van der Waals surface area contributed by atoms with E-state index >= 15 is 0 Å². The van der Waals surface area contributed by atoms with E-state index in [1.165, 1.54) is 11.8 Å². The molecule has 0 aliphatic carbocycles. The molecule has 0 atom stereocenters. The monoisotopic (exact) mass is 492 g/mol. The van der Waals surface area contributed by atoms with E-state index in [1.807, 2.05) is 65.2 Å². The Hall–Kier alpha value is -3.30. The van der Waals surface area contributed by atoms with Crippen molar-refractivity contribution < 1.29 is 4.79 Å². The highest BCUT2D eigenvalue weighted by Crippen LogP contribution is 2.28. The Morgan fingerprint density at radius 3 is 2.61 bits per heavy atom. The molecule has 1 N–H and O–H groups in total. The molecule has 7 nitrogen and oxygen atoms in total. The molecule has 2 heterocycles. The number of hydrazone groups is 1. The molecule has 4 rings (SSSR count). The van der Waals surface area contributed by atoms with Crippen molar-refractivity contribution in [2.24, 2.45) is 5.10 Å². The Bertz CT molecular complexity index is 1180. The Balaban J connectivity index is 1.51. The number of nitrogens with zero attached hydrogens (tertiary/aromatic N) is 5. The van der Waals surface area contributed by atoms with E-state index in [-0.39, 0.29) is 11.7 Å². The van der Waals surface area contributed by atoms with E-state index < -0.39 is 0 Å². The Labute approximate surface area is 191 Å². The highest BCUT2D eigenvalue weighted by atomic mass is 79.9. The van der Waals surface area contributed by atoms with Gasteiger partial charge < -0.3 is 0 Å². The van der Waals surface area contributed by atoms with E-state index in [2.05, 4.69) is 41.6 Å². The van der Waals surface area contributed by atoms with Crippen molar-refractivity contribution in [3.05, 3.63) is 89.2 Å². The smallest absolute Gasteiger partial charge is 0.250 e. The fourth-order valence-electron chi connectivity index (χ4n) is 2.75. The third kappa shape index (κ3) is 5.44. The summed E-state index contributed by atoms with van der Waals surface area (Å²) >= 11 is 4.76. The van der Waals surface area contributed by atoms with Gasteiger partial charge in [-0.3, -0.25) is 14.3 Å². The van der Waals surface area contributed by atoms with Crippen LogP contribution in [0.4, 0.5) is 0 Å². The summed E-state index contributed by atoms with van der Waals surface area (Å²) in [6.45, 7) is 0. The maximum absolute atomic E-state index is 12.3. The lowest BCUT2D eigenvalue weighted by molar-refractivity contribution is -0.118. The third-order valence-corrected chi connectivity index (χ3v) is 5.63. The van der Waals surface area contributed by atoms with Crippen molar-refractivity contribution >= 4 is 39.8 Å². The van der Waals surface area contributed by atoms with Gasteiger partial charge in [-0.15, -0.1) is 10.2 Å². The second-order valence-corrected chi connectivity index (χ2v) is 8.21. The Kier molecular flexibility index (Phi) is 6.85. The van der Waals surface area contributed by atoms with Crippen LogP contribution in [-0.2, 0) is 4.79 Å². The van der Waals surface area contributed by atoms with Crippen LogP contribution in [0.2, 0.25) is 0 Å². The largest absolute Gasteiger partial charge is 0.272 e. The van der Waals surface area contributed by atoms with Crippen LogP contribution in [0.3, 0.4) is 0 Å². The molecule has 0 bridgehead atoms. The molecule has 2 aromatic carbocycles. The van der Waals surface area contributed by atoms with Crippen molar-refractivity contribution in [2.45, 2.75) is 5.16 Å². The average Bonchev–Trinajstić information content (AvgIpc) is 3.23. The summed E-state index contributed by atoms with van der Waals surface area (Å²) in [5.74, 6) is 0.616. The summed E-state index contributed by atoms with van der Waals surface area (Å²) < 4.78 is 2.92. The minimum atomic E-state index is -0.239. The van der Waals surface area contributed by atoms with Gasteiger partial charge in [-0.25, -0.2) is 5.43 Å². The molecule has 1 amide bonds. The molecule has 4 aromatic rings. The van der Waals surface area contributed by atoms with Gasteiger partial charge in [-0.05, 0) is 30.3 Å². The number of halogens is 1. The van der Waals surface area contributed by atoms with Crippen molar-refractivity contribution in [3.8, 4) is 17.1 Å². The molecule has 0 unspecified atom stereocenters. The molecule has 0 saturated carbocycles. The van der Waals surface area contributed by atoms with Gasteiger partial charge in [-0.2, -0.15) is 5.10 Å². The summed E-state index contributed by atoms with van der Waals surface area (Å²) in [5, 5.41) is 13.3. The number of pyridine rings is 1. The Morgan fingerprint density at radius 2 is 1.87 bits per heavy atom. The number of aromatic nitrogens is 4. The van der Waals surface area contributed by atoms with E-state index in [1.54, 1.807) is 24.7 Å². The Morgan fingerprint density at radius 1 is 1.06 bits per heavy atom. The second kappa shape index (κ2) is 10.1. The zero-order valence-electron chi connectivity index (χ0n) is 16.2. The molecule has 0 radical (unpaired) electrons. The number of hydrogen-bond donors (Lipinski definition) is 1. The lowest BCUT2D eigenvalue weighted by Crippen LogP contribution is -2.20. The fourth-order valence-corrected chi connectivity index (χ4v) is 3.76. The van der Waals surface area contributed by atoms with Crippen molar-refractivity contribution in [1.29, 1.82) is 0 Å². The lowest BCUT2D eigenvalue weighted by atomic mass is 10.2. The van der Waals surface area contributed by atoms with E-state index in [9.17, 15) is 4.79 Å². The SMILES string of the molecule is O=C(CSc1nnc(-c2ccccc2)n1-c1ccc(Br)cc1)N/N=C\c1cccnc1. The van der Waals surface area contributed by atoms with Gasteiger partial charge in [0.25, 0.3) is 5.91 Å². The molecule has 31 heavy (non-hydrogen) atoms. The number of hydrogen-bond acceptors (Lipinski definition) is 6. The number of carbonyl (C=O) groups is 1. The van der Waals surface area contributed by atoms with E-state index in [0.717, 1.165) is 21.3 Å². The van der Waals surface area contributed by atoms with Gasteiger partial charge in [0.15, 0.2) is 11.0 Å². The van der Waals surface area contributed by atoms with Crippen LogP contribution in [-0.4, -0.2) is 37.6 Å². The van der Waals surface area contributed by atoms with Gasteiger partial charge in [0.1, 0.15) is 0 Å². The number of rotatable bonds is 7. The van der Waals surface area contributed by atoms with Gasteiger partial charge in [-0.1, -0.05) is 64.1 Å². The van der Waals surface area contributed by atoms with Gasteiger partial charge in [0, 0.05) is 33.7 Å². The number of nitrogens with one attached hydrogen (secondary N) is 1. The number of carbonyl (C=O) groups excluding carboxylic acids is 1. The van der Waals surface area contributed by atoms with Crippen LogP contribution in [0.15, 0.2) is 93.9 Å². The first kappa shape index (κ1) is 21.0. The fraction of sp³-hybridized carbons (Fsp3) is 0.0455.